The summed E-state index contributed by atoms with van der Waals surface area (Å²) >= 11 is 0. The zero-order chi connectivity index (χ0) is 22.7. The lowest BCUT2D eigenvalue weighted by Crippen LogP contribution is -2.38. The average molecular weight is 437 g/mol. The Bertz CT molecular complexity index is 1230. The Kier molecular flexibility index (Phi) is 6.01. The number of halogens is 3. The summed E-state index contributed by atoms with van der Waals surface area (Å²) in [4.78, 5) is 12.0. The predicted octanol–water partition coefficient (Wildman–Crippen LogP) is 4.29. The fourth-order valence-corrected chi connectivity index (χ4v) is 3.81. The van der Waals surface area contributed by atoms with Crippen LogP contribution in [0.15, 0.2) is 85.1 Å². The van der Waals surface area contributed by atoms with Gasteiger partial charge in [-0.2, -0.15) is 13.2 Å². The highest BCUT2D eigenvalue weighted by atomic mass is 19.4. The first-order valence-electron chi connectivity index (χ1n) is 10.0. The van der Waals surface area contributed by atoms with Gasteiger partial charge in [0.25, 0.3) is 0 Å². The molecule has 0 fully saturated rings. The maximum absolute atomic E-state index is 13.0. The van der Waals surface area contributed by atoms with Crippen LogP contribution in [0.4, 0.5) is 13.2 Å². The highest BCUT2D eigenvalue weighted by Gasteiger charge is 2.30. The van der Waals surface area contributed by atoms with Crippen LogP contribution in [0, 0.1) is 0 Å². The highest BCUT2D eigenvalue weighted by Crippen LogP contribution is 2.30. The number of carboxylic acids is 1. The van der Waals surface area contributed by atoms with E-state index in [4.69, 9.17) is 0 Å². The van der Waals surface area contributed by atoms with Gasteiger partial charge in [0.05, 0.1) is 17.6 Å². The molecule has 32 heavy (non-hydrogen) atoms. The van der Waals surface area contributed by atoms with Gasteiger partial charge in [-0.25, -0.2) is 0 Å². The molecule has 1 aromatic heterocycles. The van der Waals surface area contributed by atoms with Crippen molar-refractivity contribution in [1.82, 2.24) is 9.88 Å². The Morgan fingerprint density at radius 2 is 1.62 bits per heavy atom. The van der Waals surface area contributed by atoms with E-state index in [1.807, 2.05) is 59.2 Å². The van der Waals surface area contributed by atoms with Crippen molar-refractivity contribution in [3.05, 3.63) is 107 Å². The fraction of sp³-hybridized carbons (Fsp3) is 0.160. The first-order valence-corrected chi connectivity index (χ1v) is 10.0. The molecule has 3 aromatic carbocycles. The smallest absolute Gasteiger partial charge is 0.416 e. The molecule has 0 aliphatic heterocycles. The molecule has 0 amide bonds. The number of aromatic nitrogens is 1. The molecule has 0 aliphatic carbocycles. The molecule has 1 N–H and O–H groups in total. The largest absolute Gasteiger partial charge is 0.548 e. The minimum absolute atomic E-state index is 0.0548. The molecule has 1 heterocycles. The van der Waals surface area contributed by atoms with Gasteiger partial charge in [0.1, 0.15) is 0 Å². The number of nitrogens with one attached hydrogen (secondary N) is 1. The van der Waals surface area contributed by atoms with E-state index in [1.165, 1.54) is 12.1 Å². The van der Waals surface area contributed by atoms with E-state index in [2.05, 4.69) is 5.32 Å². The zero-order valence-electron chi connectivity index (χ0n) is 17.0. The summed E-state index contributed by atoms with van der Waals surface area (Å²) in [5, 5.41) is 15.6. The monoisotopic (exact) mass is 437 g/mol. The topological polar surface area (TPSA) is 57.1 Å². The third-order valence-electron chi connectivity index (χ3n) is 5.33. The number of aliphatic carboxylic acids is 1. The van der Waals surface area contributed by atoms with Crippen LogP contribution in [0.25, 0.3) is 10.9 Å². The number of carbonyl (C=O) groups excluding carboxylic acids is 1. The highest BCUT2D eigenvalue weighted by molar-refractivity contribution is 5.89. The Morgan fingerprint density at radius 3 is 2.34 bits per heavy atom. The number of fused-ring (bicyclic) bond motifs is 1. The number of carboxylic acid groups (broad SMARTS) is 1. The Morgan fingerprint density at radius 1 is 0.938 bits per heavy atom. The first-order chi connectivity index (χ1) is 15.3. The Hall–Kier alpha value is -3.58. The number of nitrogens with zero attached hydrogens (tertiary/aromatic N) is 1. The predicted molar refractivity (Wildman–Crippen MR) is 114 cm³/mol. The van der Waals surface area contributed by atoms with Crippen molar-refractivity contribution in [2.24, 2.45) is 0 Å². The van der Waals surface area contributed by atoms with E-state index in [9.17, 15) is 23.1 Å². The molecule has 7 heteroatoms. The second kappa shape index (κ2) is 8.88. The number of alkyl halides is 3. The number of hydrogen-bond donors (Lipinski definition) is 1. The molecule has 0 radical (unpaired) electrons. The van der Waals surface area contributed by atoms with Crippen LogP contribution in [0.1, 0.15) is 28.3 Å². The Labute approximate surface area is 182 Å². The molecule has 0 aliphatic rings. The van der Waals surface area contributed by atoms with Crippen molar-refractivity contribution in [3.63, 3.8) is 0 Å². The van der Waals surface area contributed by atoms with Crippen LogP contribution in [-0.4, -0.2) is 10.5 Å². The number of benzene rings is 3. The van der Waals surface area contributed by atoms with Crippen LogP contribution >= 0.6 is 0 Å². The lowest BCUT2D eigenvalue weighted by atomic mass is 10.0. The number of rotatable bonds is 7. The molecular weight excluding hydrogens is 417 g/mol. The van der Waals surface area contributed by atoms with Crippen molar-refractivity contribution in [1.29, 1.82) is 0 Å². The molecule has 0 bridgehead atoms. The van der Waals surface area contributed by atoms with Crippen molar-refractivity contribution in [2.75, 3.05) is 0 Å². The van der Waals surface area contributed by atoms with E-state index in [0.717, 1.165) is 28.6 Å². The molecule has 4 nitrogen and oxygen atoms in total. The standard InChI is InChI=1S/C25H21F3N2O2/c26-25(27,28)19-10-6-9-18(13-19)14-29-23(24(31)32)21-16-30(15-17-7-2-1-3-8-17)22-12-5-4-11-20(21)22/h1-13,16,23,29H,14-15H2,(H,31,32)/p-1. The van der Waals surface area contributed by atoms with Crippen molar-refractivity contribution in [2.45, 2.75) is 25.3 Å². The van der Waals surface area contributed by atoms with Crippen LogP contribution in [0.5, 0.6) is 0 Å². The fourth-order valence-electron chi connectivity index (χ4n) is 3.81. The molecule has 1 atom stereocenters. The zero-order valence-corrected chi connectivity index (χ0v) is 17.0. The quantitative estimate of drug-likeness (QED) is 0.469. The summed E-state index contributed by atoms with van der Waals surface area (Å²) in [5.74, 6) is -1.35. The minimum atomic E-state index is -4.46. The Balaban J connectivity index is 1.64. The summed E-state index contributed by atoms with van der Waals surface area (Å²) in [7, 11) is 0. The van der Waals surface area contributed by atoms with Crippen LogP contribution in [0.3, 0.4) is 0 Å². The van der Waals surface area contributed by atoms with Gasteiger partial charge in [0, 0.05) is 35.8 Å². The molecule has 4 aromatic rings. The minimum Gasteiger partial charge on any atom is -0.548 e. The summed E-state index contributed by atoms with van der Waals surface area (Å²) in [6, 6.07) is 20.8. The van der Waals surface area contributed by atoms with Crippen molar-refractivity contribution >= 4 is 16.9 Å². The normalized spacial score (nSPS) is 12.7. The molecule has 0 saturated heterocycles. The molecule has 0 saturated carbocycles. The maximum Gasteiger partial charge on any atom is 0.416 e. The third kappa shape index (κ3) is 4.68. The molecule has 0 spiro atoms. The van der Waals surface area contributed by atoms with Gasteiger partial charge in [-0.3, -0.25) is 0 Å². The summed E-state index contributed by atoms with van der Waals surface area (Å²) < 4.78 is 40.9. The van der Waals surface area contributed by atoms with Gasteiger partial charge >= 0.3 is 6.18 Å². The van der Waals surface area contributed by atoms with E-state index in [1.54, 1.807) is 6.20 Å². The summed E-state index contributed by atoms with van der Waals surface area (Å²) in [5.41, 5.74) is 1.98. The average Bonchev–Trinajstić information content (AvgIpc) is 3.12. The van der Waals surface area contributed by atoms with Gasteiger partial charge < -0.3 is 19.8 Å². The third-order valence-corrected chi connectivity index (χ3v) is 5.33. The van der Waals surface area contributed by atoms with Gasteiger partial charge in [-0.1, -0.05) is 66.7 Å². The van der Waals surface area contributed by atoms with Gasteiger partial charge in [0.2, 0.25) is 0 Å². The van der Waals surface area contributed by atoms with Crippen LogP contribution in [-0.2, 0) is 24.1 Å². The van der Waals surface area contributed by atoms with Gasteiger partial charge in [-0.05, 0) is 23.3 Å². The number of hydrogen-bond acceptors (Lipinski definition) is 3. The van der Waals surface area contributed by atoms with Crippen LogP contribution < -0.4 is 10.4 Å². The molecule has 1 unspecified atom stereocenters. The van der Waals surface area contributed by atoms with Gasteiger partial charge in [-0.15, -0.1) is 0 Å². The van der Waals surface area contributed by atoms with Gasteiger partial charge in [0.15, 0.2) is 0 Å². The summed E-state index contributed by atoms with van der Waals surface area (Å²) in [6.45, 7) is 0.496. The molecule has 4 rings (SSSR count). The van der Waals surface area contributed by atoms with Crippen molar-refractivity contribution < 1.29 is 23.1 Å². The van der Waals surface area contributed by atoms with E-state index < -0.39 is 23.8 Å². The number of carbonyl (C=O) groups is 1. The molecular formula is C25H20F3N2O2-. The van der Waals surface area contributed by atoms with E-state index in [0.29, 0.717) is 17.7 Å². The SMILES string of the molecule is O=C([O-])C(NCc1cccc(C(F)(F)F)c1)c1cn(Cc2ccccc2)c2ccccc12. The van der Waals surface area contributed by atoms with Crippen molar-refractivity contribution in [3.8, 4) is 0 Å². The lowest BCUT2D eigenvalue weighted by molar-refractivity contribution is -0.309. The lowest BCUT2D eigenvalue weighted by Gasteiger charge is -2.20. The number of para-hydroxylation sites is 1. The van der Waals surface area contributed by atoms with E-state index >= 15 is 0 Å². The second-order valence-electron chi connectivity index (χ2n) is 7.55. The summed E-state index contributed by atoms with van der Waals surface area (Å²) in [6.07, 6.45) is -2.70. The molecule has 164 valence electrons. The first kappa shape index (κ1) is 21.6. The van der Waals surface area contributed by atoms with Crippen LogP contribution in [0.2, 0.25) is 0 Å². The van der Waals surface area contributed by atoms with E-state index in [-0.39, 0.29) is 6.54 Å². The second-order valence-corrected chi connectivity index (χ2v) is 7.55. The maximum atomic E-state index is 13.0.